The predicted octanol–water partition coefficient (Wildman–Crippen LogP) is 4.25. The zero-order valence-corrected chi connectivity index (χ0v) is 22.2. The number of aromatic nitrogens is 3. The van der Waals surface area contributed by atoms with Crippen LogP contribution in [0.3, 0.4) is 0 Å². The fourth-order valence-corrected chi connectivity index (χ4v) is 5.98. The molecule has 1 aliphatic carbocycles. The predicted molar refractivity (Wildman–Crippen MR) is 151 cm³/mol. The molecule has 2 atom stereocenters. The number of amides is 1. The number of carbonyl (C=O) groups excluding carboxylic acids is 1. The summed E-state index contributed by atoms with van der Waals surface area (Å²) in [5.41, 5.74) is 4.46. The molecule has 10 heteroatoms. The maximum atomic E-state index is 13.0. The van der Waals surface area contributed by atoms with Crippen LogP contribution in [-0.2, 0) is 14.8 Å². The van der Waals surface area contributed by atoms with E-state index in [1.54, 1.807) is 30.5 Å². The van der Waals surface area contributed by atoms with Crippen molar-refractivity contribution in [3.05, 3.63) is 90.1 Å². The quantitative estimate of drug-likeness (QED) is 0.320. The number of nitrogens with one attached hydrogen (secondary N) is 3. The van der Waals surface area contributed by atoms with Gasteiger partial charge in [-0.3, -0.25) is 19.5 Å². The Morgan fingerprint density at radius 2 is 1.85 bits per heavy atom. The van der Waals surface area contributed by atoms with E-state index in [0.29, 0.717) is 5.69 Å². The number of pyridine rings is 1. The molecule has 1 aliphatic heterocycles. The standard InChI is InChI=1S/C29H28N6O3S/c1-18-14-31-15-21-2-5-22(12-24(18)21)33-29(36)26-13-25(26)19-3-6-23(7-4-19)39(37,38)35-28-17-32-16-27(34-28)20-8-10-30-11-9-20/h2-8,12,14-17,25-26,30H,9-11,13H2,1H3,(H,33,36)(H,34,35)/t25?,26-/m1/s1. The van der Waals surface area contributed by atoms with Crippen molar-refractivity contribution in [3.63, 3.8) is 0 Å². The second-order valence-corrected chi connectivity index (χ2v) is 11.7. The van der Waals surface area contributed by atoms with Gasteiger partial charge in [-0.25, -0.2) is 13.4 Å². The van der Waals surface area contributed by atoms with E-state index in [0.717, 1.165) is 59.1 Å². The van der Waals surface area contributed by atoms with Gasteiger partial charge in [0.25, 0.3) is 10.0 Å². The molecule has 0 saturated heterocycles. The van der Waals surface area contributed by atoms with Crippen molar-refractivity contribution in [3.8, 4) is 0 Å². The monoisotopic (exact) mass is 540 g/mol. The third kappa shape index (κ3) is 5.39. The van der Waals surface area contributed by atoms with Crippen molar-refractivity contribution in [2.24, 2.45) is 5.92 Å². The number of hydrogen-bond donors (Lipinski definition) is 3. The van der Waals surface area contributed by atoms with Gasteiger partial charge in [0.15, 0.2) is 5.82 Å². The topological polar surface area (TPSA) is 126 Å². The molecule has 2 aromatic heterocycles. The van der Waals surface area contributed by atoms with Crippen molar-refractivity contribution >= 4 is 43.8 Å². The minimum atomic E-state index is -3.84. The Balaban J connectivity index is 1.10. The molecule has 0 radical (unpaired) electrons. The van der Waals surface area contributed by atoms with Crippen molar-refractivity contribution in [2.75, 3.05) is 23.1 Å². The lowest BCUT2D eigenvalue weighted by Gasteiger charge is -2.14. The fraction of sp³-hybridized carbons (Fsp3) is 0.241. The Bertz CT molecular complexity index is 1700. The molecule has 0 bridgehead atoms. The molecule has 39 heavy (non-hydrogen) atoms. The highest BCUT2D eigenvalue weighted by Crippen LogP contribution is 2.48. The van der Waals surface area contributed by atoms with E-state index < -0.39 is 10.0 Å². The molecule has 198 valence electrons. The normalized spacial score (nSPS) is 18.8. The Kier molecular flexibility index (Phi) is 6.58. The van der Waals surface area contributed by atoms with E-state index in [2.05, 4.69) is 30.3 Å². The van der Waals surface area contributed by atoms with Crippen LogP contribution < -0.4 is 15.4 Å². The summed E-state index contributed by atoms with van der Waals surface area (Å²) in [4.78, 5) is 25.9. The maximum Gasteiger partial charge on any atom is 0.263 e. The summed E-state index contributed by atoms with van der Waals surface area (Å²) in [5.74, 6) is 0.0471. The molecule has 1 fully saturated rings. The smallest absolute Gasteiger partial charge is 0.263 e. The number of sulfonamides is 1. The van der Waals surface area contributed by atoms with Gasteiger partial charge in [-0.15, -0.1) is 0 Å². The summed E-state index contributed by atoms with van der Waals surface area (Å²) < 4.78 is 28.6. The SMILES string of the molecule is Cc1cncc2ccc(NC(=O)[C@@H]3CC3c3ccc(S(=O)(=O)Nc4cncc(C5=CCNCC5)n4)cc3)cc12. The zero-order chi connectivity index (χ0) is 27.0. The van der Waals surface area contributed by atoms with Gasteiger partial charge >= 0.3 is 0 Å². The number of anilines is 2. The van der Waals surface area contributed by atoms with Crippen LogP contribution >= 0.6 is 0 Å². The molecule has 1 saturated carbocycles. The number of nitrogens with zero attached hydrogens (tertiary/aromatic N) is 3. The minimum absolute atomic E-state index is 0.0354. The fourth-order valence-electron chi connectivity index (χ4n) is 4.99. The molecule has 9 nitrogen and oxygen atoms in total. The van der Waals surface area contributed by atoms with Gasteiger partial charge in [0.05, 0.1) is 23.0 Å². The number of carbonyl (C=O) groups is 1. The van der Waals surface area contributed by atoms with Crippen molar-refractivity contribution in [1.82, 2.24) is 20.3 Å². The second kappa shape index (κ2) is 10.2. The van der Waals surface area contributed by atoms with Crippen LogP contribution in [-0.4, -0.2) is 42.4 Å². The molecule has 1 amide bonds. The van der Waals surface area contributed by atoms with Gasteiger partial charge in [-0.2, -0.15) is 0 Å². The second-order valence-electron chi connectivity index (χ2n) is 9.98. The Morgan fingerprint density at radius 1 is 1.03 bits per heavy atom. The molecule has 2 aromatic carbocycles. The summed E-state index contributed by atoms with van der Waals surface area (Å²) in [7, 11) is -3.84. The number of rotatable bonds is 7. The van der Waals surface area contributed by atoms with E-state index in [1.807, 2.05) is 43.6 Å². The van der Waals surface area contributed by atoms with Crippen LogP contribution in [0.1, 0.15) is 35.6 Å². The van der Waals surface area contributed by atoms with Crippen LogP contribution in [0.4, 0.5) is 11.5 Å². The first kappa shape index (κ1) is 25.1. The lowest BCUT2D eigenvalue weighted by atomic mass is 10.1. The van der Waals surface area contributed by atoms with E-state index in [4.69, 9.17) is 0 Å². The molecule has 3 heterocycles. The van der Waals surface area contributed by atoms with E-state index in [1.165, 1.54) is 6.20 Å². The van der Waals surface area contributed by atoms with Crippen molar-refractivity contribution in [1.29, 1.82) is 0 Å². The first-order chi connectivity index (χ1) is 18.9. The first-order valence-electron chi connectivity index (χ1n) is 12.9. The third-order valence-electron chi connectivity index (χ3n) is 7.24. The zero-order valence-electron chi connectivity index (χ0n) is 21.4. The highest BCUT2D eigenvalue weighted by atomic mass is 32.2. The van der Waals surface area contributed by atoms with Crippen LogP contribution in [0, 0.1) is 12.8 Å². The molecule has 4 aromatic rings. The van der Waals surface area contributed by atoms with Gasteiger partial charge in [0, 0.05) is 35.9 Å². The van der Waals surface area contributed by atoms with E-state index in [-0.39, 0.29) is 28.5 Å². The average Bonchev–Trinajstić information content (AvgIpc) is 3.76. The number of aryl methyl sites for hydroxylation is 1. The van der Waals surface area contributed by atoms with E-state index in [9.17, 15) is 13.2 Å². The van der Waals surface area contributed by atoms with Crippen LogP contribution in [0.2, 0.25) is 0 Å². The average molecular weight is 541 g/mol. The summed E-state index contributed by atoms with van der Waals surface area (Å²) in [6, 6.07) is 12.5. The Morgan fingerprint density at radius 3 is 2.64 bits per heavy atom. The Hall–Kier alpha value is -4.15. The highest BCUT2D eigenvalue weighted by molar-refractivity contribution is 7.92. The molecule has 3 N–H and O–H groups in total. The lowest BCUT2D eigenvalue weighted by molar-refractivity contribution is -0.117. The first-order valence-corrected chi connectivity index (χ1v) is 14.4. The largest absolute Gasteiger partial charge is 0.326 e. The van der Waals surface area contributed by atoms with Crippen molar-refractivity contribution < 1.29 is 13.2 Å². The van der Waals surface area contributed by atoms with E-state index >= 15 is 0 Å². The van der Waals surface area contributed by atoms with Gasteiger partial charge in [0.1, 0.15) is 0 Å². The van der Waals surface area contributed by atoms with Crippen LogP contribution in [0.15, 0.2) is 78.2 Å². The number of hydrogen-bond acceptors (Lipinski definition) is 7. The molecular formula is C29H28N6O3S. The summed E-state index contributed by atoms with van der Waals surface area (Å²) in [5, 5.41) is 8.36. The van der Waals surface area contributed by atoms with Gasteiger partial charge in [-0.05, 0) is 78.6 Å². The van der Waals surface area contributed by atoms with Gasteiger partial charge in [0.2, 0.25) is 5.91 Å². The molecule has 6 rings (SSSR count). The van der Waals surface area contributed by atoms with Crippen LogP contribution in [0.25, 0.3) is 16.3 Å². The number of benzene rings is 2. The highest BCUT2D eigenvalue weighted by Gasteiger charge is 2.44. The van der Waals surface area contributed by atoms with Gasteiger partial charge in [-0.1, -0.05) is 24.3 Å². The minimum Gasteiger partial charge on any atom is -0.326 e. The molecule has 1 unspecified atom stereocenters. The summed E-state index contributed by atoms with van der Waals surface area (Å²) >= 11 is 0. The van der Waals surface area contributed by atoms with Crippen LogP contribution in [0.5, 0.6) is 0 Å². The molecule has 2 aliphatic rings. The molecular weight excluding hydrogens is 512 g/mol. The van der Waals surface area contributed by atoms with Gasteiger partial charge < -0.3 is 10.6 Å². The summed E-state index contributed by atoms with van der Waals surface area (Å²) in [6.45, 7) is 3.60. The lowest BCUT2D eigenvalue weighted by Crippen LogP contribution is -2.20. The van der Waals surface area contributed by atoms with Crippen molar-refractivity contribution in [2.45, 2.75) is 30.6 Å². The summed E-state index contributed by atoms with van der Waals surface area (Å²) in [6.07, 6.45) is 10.2. The third-order valence-corrected chi connectivity index (χ3v) is 8.61. The Labute approximate surface area is 226 Å². The molecule has 0 spiro atoms. The maximum absolute atomic E-state index is 13.0. The number of fused-ring (bicyclic) bond motifs is 1.